The first-order valence-electron chi connectivity index (χ1n) is 8.03. The van der Waals surface area contributed by atoms with E-state index in [1.165, 1.54) is 6.07 Å². The van der Waals surface area contributed by atoms with Gasteiger partial charge in [0.05, 0.1) is 6.61 Å². The Labute approximate surface area is 134 Å². The van der Waals surface area contributed by atoms with E-state index in [1.54, 1.807) is 6.07 Å². The SMILES string of the molecule is CC(C)(C)[Si](C)(C)OCc1ccc([C@@H](C=O)C2CC2)cc1F. The average Bonchev–Trinajstić information content (AvgIpc) is 3.22. The minimum absolute atomic E-state index is 0.109. The van der Waals surface area contributed by atoms with Gasteiger partial charge in [-0.05, 0) is 48.5 Å². The third-order valence-corrected chi connectivity index (χ3v) is 9.61. The Morgan fingerprint density at radius 1 is 1.36 bits per heavy atom. The summed E-state index contributed by atoms with van der Waals surface area (Å²) in [6.07, 6.45) is 3.10. The quantitative estimate of drug-likeness (QED) is 0.542. The van der Waals surface area contributed by atoms with Crippen LogP contribution in [-0.4, -0.2) is 14.6 Å². The van der Waals surface area contributed by atoms with Gasteiger partial charge in [0.2, 0.25) is 0 Å². The van der Waals surface area contributed by atoms with Crippen LogP contribution in [0.1, 0.15) is 50.7 Å². The van der Waals surface area contributed by atoms with E-state index in [2.05, 4.69) is 33.9 Å². The smallest absolute Gasteiger partial charge is 0.192 e. The number of halogens is 1. The maximum absolute atomic E-state index is 14.3. The molecule has 1 atom stereocenters. The zero-order chi connectivity index (χ0) is 16.5. The fraction of sp³-hybridized carbons (Fsp3) is 0.611. The second-order valence-corrected chi connectivity index (χ2v) is 12.7. The molecule has 2 rings (SSSR count). The van der Waals surface area contributed by atoms with Crippen molar-refractivity contribution in [2.75, 3.05) is 0 Å². The lowest BCUT2D eigenvalue weighted by atomic mass is 9.95. The minimum Gasteiger partial charge on any atom is -0.412 e. The Kier molecular flexibility index (Phi) is 4.92. The number of rotatable bonds is 6. The number of benzene rings is 1. The predicted molar refractivity (Wildman–Crippen MR) is 89.9 cm³/mol. The van der Waals surface area contributed by atoms with Crippen LogP contribution in [0, 0.1) is 11.7 Å². The van der Waals surface area contributed by atoms with E-state index in [0.29, 0.717) is 18.1 Å². The predicted octanol–water partition coefficient (Wildman–Crippen LogP) is 5.04. The number of hydrogen-bond donors (Lipinski definition) is 0. The van der Waals surface area contributed by atoms with Crippen molar-refractivity contribution in [2.45, 2.75) is 64.3 Å². The molecule has 122 valence electrons. The molecule has 0 aliphatic heterocycles. The maximum atomic E-state index is 14.3. The Morgan fingerprint density at radius 2 is 2.00 bits per heavy atom. The molecule has 0 bridgehead atoms. The molecule has 2 nitrogen and oxygen atoms in total. The fourth-order valence-electron chi connectivity index (χ4n) is 2.28. The van der Waals surface area contributed by atoms with Crippen LogP contribution in [0.25, 0.3) is 0 Å². The summed E-state index contributed by atoms with van der Waals surface area (Å²) in [5.41, 5.74) is 1.38. The number of hydrogen-bond acceptors (Lipinski definition) is 2. The first kappa shape index (κ1) is 17.4. The highest BCUT2D eigenvalue weighted by molar-refractivity contribution is 6.74. The molecule has 1 aliphatic carbocycles. The van der Waals surface area contributed by atoms with Gasteiger partial charge >= 0.3 is 0 Å². The molecule has 0 radical (unpaired) electrons. The summed E-state index contributed by atoms with van der Waals surface area (Å²) in [6, 6.07) is 5.17. The van der Waals surface area contributed by atoms with E-state index in [4.69, 9.17) is 4.43 Å². The van der Waals surface area contributed by atoms with E-state index in [1.807, 2.05) is 6.07 Å². The molecule has 0 unspecified atom stereocenters. The highest BCUT2D eigenvalue weighted by atomic mass is 28.4. The summed E-state index contributed by atoms with van der Waals surface area (Å²) < 4.78 is 20.4. The molecule has 0 spiro atoms. The van der Waals surface area contributed by atoms with Gasteiger partial charge in [-0.2, -0.15) is 0 Å². The number of carbonyl (C=O) groups is 1. The van der Waals surface area contributed by atoms with Crippen molar-refractivity contribution in [1.82, 2.24) is 0 Å². The summed E-state index contributed by atoms with van der Waals surface area (Å²) in [5.74, 6) is -0.000185. The van der Waals surface area contributed by atoms with Crippen molar-refractivity contribution in [3.8, 4) is 0 Å². The van der Waals surface area contributed by atoms with Crippen molar-refractivity contribution in [2.24, 2.45) is 5.92 Å². The van der Waals surface area contributed by atoms with Crippen molar-refractivity contribution >= 4 is 14.6 Å². The lowest BCUT2D eigenvalue weighted by Gasteiger charge is -2.36. The van der Waals surface area contributed by atoms with E-state index in [0.717, 1.165) is 24.7 Å². The maximum Gasteiger partial charge on any atom is 0.192 e. The van der Waals surface area contributed by atoms with E-state index in [9.17, 15) is 9.18 Å². The third kappa shape index (κ3) is 3.85. The van der Waals surface area contributed by atoms with Crippen molar-refractivity contribution < 1.29 is 13.6 Å². The highest BCUT2D eigenvalue weighted by Crippen LogP contribution is 2.42. The summed E-state index contributed by atoms with van der Waals surface area (Å²) in [4.78, 5) is 11.2. The molecule has 4 heteroatoms. The second-order valence-electron chi connectivity index (χ2n) is 7.90. The Hall–Kier alpha value is -1.00. The molecule has 0 N–H and O–H groups in total. The minimum atomic E-state index is -1.88. The standard InChI is InChI=1S/C18H27FO2Si/c1-18(2,3)22(4,5)21-12-15-9-8-14(10-17(15)19)16(11-20)13-6-7-13/h8-11,13,16H,6-7,12H2,1-5H3/t16-/m0/s1. The molecular formula is C18H27FO2Si. The lowest BCUT2D eigenvalue weighted by Crippen LogP contribution is -2.40. The topological polar surface area (TPSA) is 26.3 Å². The fourth-order valence-corrected chi connectivity index (χ4v) is 3.23. The molecule has 1 aliphatic rings. The number of carbonyl (C=O) groups excluding carboxylic acids is 1. The lowest BCUT2D eigenvalue weighted by molar-refractivity contribution is -0.109. The molecule has 0 aromatic heterocycles. The monoisotopic (exact) mass is 322 g/mol. The number of aldehydes is 1. The van der Waals surface area contributed by atoms with Crippen LogP contribution in [0.5, 0.6) is 0 Å². The van der Waals surface area contributed by atoms with Gasteiger partial charge in [0.15, 0.2) is 8.32 Å². The Morgan fingerprint density at radius 3 is 2.45 bits per heavy atom. The Balaban J connectivity index is 2.08. The van der Waals surface area contributed by atoms with Crippen LogP contribution < -0.4 is 0 Å². The molecule has 1 aromatic rings. The van der Waals surface area contributed by atoms with Crippen molar-refractivity contribution in [1.29, 1.82) is 0 Å². The van der Waals surface area contributed by atoms with Gasteiger partial charge in [0, 0.05) is 11.5 Å². The van der Waals surface area contributed by atoms with Gasteiger partial charge in [0.1, 0.15) is 12.1 Å². The second kappa shape index (κ2) is 6.24. The largest absolute Gasteiger partial charge is 0.412 e. The van der Waals surface area contributed by atoms with Crippen LogP contribution in [0.3, 0.4) is 0 Å². The molecule has 0 saturated heterocycles. The zero-order valence-corrected chi connectivity index (χ0v) is 15.3. The van der Waals surface area contributed by atoms with Crippen LogP contribution >= 0.6 is 0 Å². The zero-order valence-electron chi connectivity index (χ0n) is 14.3. The molecule has 1 saturated carbocycles. The summed E-state index contributed by atoms with van der Waals surface area (Å²) >= 11 is 0. The summed E-state index contributed by atoms with van der Waals surface area (Å²) in [6.45, 7) is 11.1. The van der Waals surface area contributed by atoms with Gasteiger partial charge < -0.3 is 9.22 Å². The molecule has 1 aromatic carbocycles. The Bertz CT molecular complexity index is 545. The molecular weight excluding hydrogens is 295 g/mol. The first-order valence-corrected chi connectivity index (χ1v) is 10.9. The van der Waals surface area contributed by atoms with Crippen LogP contribution in [0.2, 0.25) is 18.1 Å². The van der Waals surface area contributed by atoms with E-state index >= 15 is 0 Å². The van der Waals surface area contributed by atoms with E-state index in [-0.39, 0.29) is 16.8 Å². The first-order chi connectivity index (χ1) is 10.2. The molecule has 0 heterocycles. The van der Waals surface area contributed by atoms with Gasteiger partial charge in [-0.1, -0.05) is 32.9 Å². The van der Waals surface area contributed by atoms with Gasteiger partial charge in [-0.3, -0.25) is 0 Å². The van der Waals surface area contributed by atoms with Crippen molar-refractivity contribution in [3.63, 3.8) is 0 Å². The highest BCUT2D eigenvalue weighted by Gasteiger charge is 2.37. The van der Waals surface area contributed by atoms with E-state index < -0.39 is 8.32 Å². The third-order valence-electron chi connectivity index (χ3n) is 5.13. The van der Waals surface area contributed by atoms with Gasteiger partial charge in [-0.15, -0.1) is 0 Å². The van der Waals surface area contributed by atoms with Crippen LogP contribution in [0.4, 0.5) is 4.39 Å². The van der Waals surface area contributed by atoms with Gasteiger partial charge in [-0.25, -0.2) is 4.39 Å². The average molecular weight is 322 g/mol. The molecule has 22 heavy (non-hydrogen) atoms. The van der Waals surface area contributed by atoms with Crippen LogP contribution in [-0.2, 0) is 15.8 Å². The van der Waals surface area contributed by atoms with Gasteiger partial charge in [0.25, 0.3) is 0 Å². The molecule has 1 fully saturated rings. The molecule has 0 amide bonds. The normalized spacial score (nSPS) is 17.4. The van der Waals surface area contributed by atoms with Crippen LogP contribution in [0.15, 0.2) is 18.2 Å². The summed E-state index contributed by atoms with van der Waals surface area (Å²) in [5, 5.41) is 0.109. The summed E-state index contributed by atoms with van der Waals surface area (Å²) in [7, 11) is -1.88. The van der Waals surface area contributed by atoms with Crippen molar-refractivity contribution in [3.05, 3.63) is 35.1 Å².